The molecule has 0 unspecified atom stereocenters. The van der Waals surface area contributed by atoms with E-state index in [9.17, 15) is 15.2 Å². The van der Waals surface area contributed by atoms with E-state index in [4.69, 9.17) is 4.74 Å². The number of rotatable bonds is 6. The summed E-state index contributed by atoms with van der Waals surface area (Å²) in [6, 6.07) is 4.93. The zero-order chi connectivity index (χ0) is 14.6. The van der Waals surface area contributed by atoms with E-state index >= 15 is 0 Å². The molecule has 0 aromatic heterocycles. The molecule has 0 aliphatic carbocycles. The van der Waals surface area contributed by atoms with Crippen LogP contribution in [0.25, 0.3) is 0 Å². The molecule has 6 nitrogen and oxygen atoms in total. The predicted molar refractivity (Wildman–Crippen MR) is 73.8 cm³/mol. The summed E-state index contributed by atoms with van der Waals surface area (Å²) in [5, 5.41) is 20.7. The second-order valence-corrected chi connectivity index (χ2v) is 4.84. The van der Waals surface area contributed by atoms with Crippen molar-refractivity contribution in [2.75, 3.05) is 25.2 Å². The molecule has 0 bridgehead atoms. The molecule has 0 saturated heterocycles. The summed E-state index contributed by atoms with van der Waals surface area (Å²) < 4.78 is 5.30. The van der Waals surface area contributed by atoms with E-state index in [-0.39, 0.29) is 18.0 Å². The topological polar surface area (TPSA) is 75.8 Å². The molecule has 0 heterocycles. The lowest BCUT2D eigenvalue weighted by molar-refractivity contribution is -0.385. The Labute approximate surface area is 112 Å². The first kappa shape index (κ1) is 15.2. The van der Waals surface area contributed by atoms with Crippen LogP contribution in [0.4, 0.5) is 11.4 Å². The monoisotopic (exact) mass is 268 g/mol. The molecule has 0 fully saturated rings. The summed E-state index contributed by atoms with van der Waals surface area (Å²) in [6.45, 7) is 5.64. The zero-order valence-electron chi connectivity index (χ0n) is 11.7. The number of likely N-dealkylation sites (N-methyl/N-ethyl adjacent to an activating group) is 1. The van der Waals surface area contributed by atoms with Crippen molar-refractivity contribution in [2.45, 2.75) is 26.3 Å². The van der Waals surface area contributed by atoms with Crippen molar-refractivity contribution < 1.29 is 14.8 Å². The minimum atomic E-state index is -0.602. The fourth-order valence-electron chi connectivity index (χ4n) is 1.67. The third kappa shape index (κ3) is 3.14. The Balaban J connectivity index is 3.35. The summed E-state index contributed by atoms with van der Waals surface area (Å²) >= 11 is 0. The first-order chi connectivity index (χ1) is 8.85. The quantitative estimate of drug-likeness (QED) is 0.632. The van der Waals surface area contributed by atoms with Crippen LogP contribution in [-0.4, -0.2) is 35.8 Å². The van der Waals surface area contributed by atoms with E-state index in [1.54, 1.807) is 37.1 Å². The summed E-state index contributed by atoms with van der Waals surface area (Å²) in [7, 11) is 1.72. The molecule has 0 aliphatic rings. The van der Waals surface area contributed by atoms with E-state index in [2.05, 4.69) is 0 Å². The van der Waals surface area contributed by atoms with Gasteiger partial charge >= 0.3 is 5.69 Å². The van der Waals surface area contributed by atoms with E-state index in [1.807, 2.05) is 13.8 Å². The Hall–Kier alpha value is -1.82. The summed E-state index contributed by atoms with van der Waals surface area (Å²) in [4.78, 5) is 12.5. The van der Waals surface area contributed by atoms with Gasteiger partial charge in [-0.25, -0.2) is 0 Å². The second-order valence-electron chi connectivity index (χ2n) is 4.84. The molecule has 0 amide bonds. The van der Waals surface area contributed by atoms with E-state index in [0.29, 0.717) is 12.3 Å². The summed E-state index contributed by atoms with van der Waals surface area (Å²) in [6.07, 6.45) is 0. The maximum atomic E-state index is 11.3. The minimum Gasteiger partial charge on any atom is -0.487 e. The second kappa shape index (κ2) is 5.88. The number of nitro benzene ring substituents is 1. The fraction of sp³-hybridized carbons (Fsp3) is 0.538. The lowest BCUT2D eigenvalue weighted by Crippen LogP contribution is -2.44. The van der Waals surface area contributed by atoms with Gasteiger partial charge in [-0.3, -0.25) is 10.1 Å². The number of benzene rings is 1. The highest BCUT2D eigenvalue weighted by molar-refractivity contribution is 5.70. The Morgan fingerprint density at radius 1 is 1.47 bits per heavy atom. The lowest BCUT2D eigenvalue weighted by Gasteiger charge is -2.35. The molecule has 0 atom stereocenters. The van der Waals surface area contributed by atoms with Gasteiger partial charge in [0.1, 0.15) is 5.69 Å². The Morgan fingerprint density at radius 2 is 2.11 bits per heavy atom. The van der Waals surface area contributed by atoms with Gasteiger partial charge in [0.15, 0.2) is 5.75 Å². The van der Waals surface area contributed by atoms with Gasteiger partial charge in [0, 0.05) is 7.05 Å². The van der Waals surface area contributed by atoms with Gasteiger partial charge in [-0.15, -0.1) is 0 Å². The van der Waals surface area contributed by atoms with Crippen molar-refractivity contribution in [2.24, 2.45) is 0 Å². The molecule has 1 N–H and O–H groups in total. The van der Waals surface area contributed by atoms with Crippen LogP contribution in [0, 0.1) is 10.1 Å². The van der Waals surface area contributed by atoms with Gasteiger partial charge in [-0.05, 0) is 32.9 Å². The summed E-state index contributed by atoms with van der Waals surface area (Å²) in [5.41, 5.74) is -0.251. The van der Waals surface area contributed by atoms with Crippen LogP contribution in [-0.2, 0) is 0 Å². The zero-order valence-corrected chi connectivity index (χ0v) is 11.7. The number of nitrogens with zero attached hydrogens (tertiary/aromatic N) is 2. The number of hydrogen-bond donors (Lipinski definition) is 1. The van der Waals surface area contributed by atoms with Crippen LogP contribution < -0.4 is 9.64 Å². The molecule has 19 heavy (non-hydrogen) atoms. The molecule has 1 aromatic carbocycles. The van der Waals surface area contributed by atoms with Crippen molar-refractivity contribution in [1.29, 1.82) is 0 Å². The number of aliphatic hydroxyl groups is 1. The maximum absolute atomic E-state index is 11.3. The van der Waals surface area contributed by atoms with E-state index < -0.39 is 10.5 Å². The van der Waals surface area contributed by atoms with Crippen LogP contribution in [0.3, 0.4) is 0 Å². The number of para-hydroxylation sites is 1. The highest BCUT2D eigenvalue weighted by atomic mass is 16.6. The molecule has 0 aliphatic heterocycles. The van der Waals surface area contributed by atoms with Gasteiger partial charge < -0.3 is 14.7 Å². The molecule has 1 rings (SSSR count). The molecule has 0 saturated carbocycles. The van der Waals surface area contributed by atoms with Crippen molar-refractivity contribution in [1.82, 2.24) is 0 Å². The SMILES string of the molecule is CCOc1cccc(N(C)C(C)(C)CO)c1[N+](=O)[O-]. The van der Waals surface area contributed by atoms with E-state index in [0.717, 1.165) is 0 Å². The average Bonchev–Trinajstić information content (AvgIpc) is 2.37. The Kier molecular flexibility index (Phi) is 4.72. The van der Waals surface area contributed by atoms with Crippen LogP contribution in [0.2, 0.25) is 0 Å². The maximum Gasteiger partial charge on any atom is 0.333 e. The molecule has 0 spiro atoms. The highest BCUT2D eigenvalue weighted by Gasteiger charge is 2.30. The van der Waals surface area contributed by atoms with Gasteiger partial charge in [-0.1, -0.05) is 6.07 Å². The van der Waals surface area contributed by atoms with Gasteiger partial charge in [0.05, 0.1) is 23.7 Å². The Bertz CT molecular complexity index is 460. The van der Waals surface area contributed by atoms with Crippen LogP contribution in [0.1, 0.15) is 20.8 Å². The minimum absolute atomic E-state index is 0.0756. The molecule has 106 valence electrons. The molecular weight excluding hydrogens is 248 g/mol. The number of anilines is 1. The fourth-order valence-corrected chi connectivity index (χ4v) is 1.67. The number of ether oxygens (including phenoxy) is 1. The number of nitro groups is 1. The van der Waals surface area contributed by atoms with Crippen LogP contribution >= 0.6 is 0 Å². The van der Waals surface area contributed by atoms with Crippen molar-refractivity contribution >= 4 is 11.4 Å². The van der Waals surface area contributed by atoms with Crippen LogP contribution in [0.15, 0.2) is 18.2 Å². The summed E-state index contributed by atoms with van der Waals surface area (Å²) in [5.74, 6) is 0.241. The largest absolute Gasteiger partial charge is 0.487 e. The third-order valence-corrected chi connectivity index (χ3v) is 3.12. The van der Waals surface area contributed by atoms with Crippen molar-refractivity contribution in [3.63, 3.8) is 0 Å². The van der Waals surface area contributed by atoms with Crippen LogP contribution in [0.5, 0.6) is 5.75 Å². The van der Waals surface area contributed by atoms with Gasteiger partial charge in [0.2, 0.25) is 0 Å². The first-order valence-corrected chi connectivity index (χ1v) is 6.10. The molecule has 6 heteroatoms. The standard InChI is InChI=1S/C13H20N2O4/c1-5-19-11-8-6-7-10(12(11)15(17)18)14(4)13(2,3)9-16/h6-8,16H,5,9H2,1-4H3. The van der Waals surface area contributed by atoms with Gasteiger partial charge in [-0.2, -0.15) is 0 Å². The van der Waals surface area contributed by atoms with E-state index in [1.165, 1.54) is 0 Å². The first-order valence-electron chi connectivity index (χ1n) is 6.10. The smallest absolute Gasteiger partial charge is 0.333 e. The molecular formula is C13H20N2O4. The predicted octanol–water partition coefficient (Wildman–Crippen LogP) is 2.20. The highest BCUT2D eigenvalue weighted by Crippen LogP contribution is 2.38. The number of aliphatic hydroxyl groups excluding tert-OH is 1. The number of hydrogen-bond acceptors (Lipinski definition) is 5. The molecule has 0 radical (unpaired) electrons. The normalized spacial score (nSPS) is 11.2. The molecule has 1 aromatic rings. The van der Waals surface area contributed by atoms with Crippen molar-refractivity contribution in [3.8, 4) is 5.75 Å². The van der Waals surface area contributed by atoms with Gasteiger partial charge in [0.25, 0.3) is 0 Å². The third-order valence-electron chi connectivity index (χ3n) is 3.12. The Morgan fingerprint density at radius 3 is 2.58 bits per heavy atom. The lowest BCUT2D eigenvalue weighted by atomic mass is 10.0. The average molecular weight is 268 g/mol. The van der Waals surface area contributed by atoms with Crippen molar-refractivity contribution in [3.05, 3.63) is 28.3 Å².